The van der Waals surface area contributed by atoms with Crippen LogP contribution in [0.25, 0.3) is 0 Å². The molecule has 0 radical (unpaired) electrons. The van der Waals surface area contributed by atoms with Crippen molar-refractivity contribution in [3.05, 3.63) is 160 Å². The molecular weight excluding hydrogens is 1040 g/mol. The SMILES string of the molecule is CC(C)(C)n1ncc2c1CCCC2CCN1CCC(c2ccccc2)CC1.CC(C)(C)n1ncc2c1CCCC2CCN1CCC(c2ccccc2)CC1.CN(CCC1CCCc2c1cnn2C(C)(C)C)Cc1ccccc1.O=C(O)C(=O)O. The second kappa shape index (κ2) is 29.5. The summed E-state index contributed by atoms with van der Waals surface area (Å²) in [6.07, 6.45) is 27.0. The van der Waals surface area contributed by atoms with Gasteiger partial charge in [-0.05, 0) is 281 Å². The Labute approximate surface area is 504 Å². The van der Waals surface area contributed by atoms with Crippen LogP contribution in [0.3, 0.4) is 0 Å². The van der Waals surface area contributed by atoms with Crippen LogP contribution in [0, 0.1) is 0 Å². The summed E-state index contributed by atoms with van der Waals surface area (Å²) in [5.74, 6) is -0.0519. The number of likely N-dealkylation sites (tertiary alicyclic amines) is 2. The van der Waals surface area contributed by atoms with E-state index in [1.807, 2.05) is 0 Å². The lowest BCUT2D eigenvalue weighted by molar-refractivity contribution is -0.159. The van der Waals surface area contributed by atoms with Crippen molar-refractivity contribution in [3.8, 4) is 0 Å². The number of hydrogen-bond donors (Lipinski definition) is 2. The Bertz CT molecular complexity index is 2810. The largest absolute Gasteiger partial charge is 0.473 e. The zero-order chi connectivity index (χ0) is 60.0. The highest BCUT2D eigenvalue weighted by Crippen LogP contribution is 2.40. The maximum atomic E-state index is 9.10. The highest BCUT2D eigenvalue weighted by Gasteiger charge is 2.32. The first-order valence-electron chi connectivity index (χ1n) is 32.1. The van der Waals surface area contributed by atoms with E-state index >= 15 is 0 Å². The molecule has 2 saturated heterocycles. The topological polar surface area (TPSA) is 138 Å². The number of carboxylic acid groups (broad SMARTS) is 2. The third-order valence-corrected chi connectivity index (χ3v) is 18.5. The molecule has 5 heterocycles. The van der Waals surface area contributed by atoms with Crippen LogP contribution in [-0.4, -0.2) is 119 Å². The van der Waals surface area contributed by atoms with Gasteiger partial charge in [-0.15, -0.1) is 0 Å². The van der Waals surface area contributed by atoms with Gasteiger partial charge >= 0.3 is 11.9 Å². The van der Waals surface area contributed by atoms with Crippen LogP contribution in [0.5, 0.6) is 0 Å². The van der Waals surface area contributed by atoms with Gasteiger partial charge in [0.05, 0.1) is 35.2 Å². The molecule has 13 nitrogen and oxygen atoms in total. The Balaban J connectivity index is 0.000000157. The molecule has 3 atom stereocenters. The summed E-state index contributed by atoms with van der Waals surface area (Å²) in [4.78, 5) is 26.0. The molecule has 5 aliphatic rings. The molecule has 6 aromatic rings. The molecule has 13 heteroatoms. The van der Waals surface area contributed by atoms with E-state index in [2.05, 4.69) is 208 Å². The third-order valence-electron chi connectivity index (χ3n) is 18.5. The van der Waals surface area contributed by atoms with Crippen molar-refractivity contribution < 1.29 is 19.8 Å². The summed E-state index contributed by atoms with van der Waals surface area (Å²) in [7, 11) is 2.23. The Hall–Kier alpha value is -5.89. The van der Waals surface area contributed by atoms with Gasteiger partial charge in [0.25, 0.3) is 0 Å². The Morgan fingerprint density at radius 2 is 0.798 bits per heavy atom. The predicted octanol–water partition coefficient (Wildman–Crippen LogP) is 14.4. The highest BCUT2D eigenvalue weighted by atomic mass is 16.4. The molecule has 0 amide bonds. The van der Waals surface area contributed by atoms with Crippen LogP contribution in [0.2, 0.25) is 0 Å². The van der Waals surface area contributed by atoms with Crippen molar-refractivity contribution in [3.63, 3.8) is 0 Å². The molecule has 0 spiro atoms. The van der Waals surface area contributed by atoms with Crippen molar-refractivity contribution >= 4 is 11.9 Å². The van der Waals surface area contributed by atoms with Gasteiger partial charge in [0.2, 0.25) is 0 Å². The average Bonchev–Trinajstić information content (AvgIpc) is 4.37. The number of piperidine rings is 2. The van der Waals surface area contributed by atoms with Crippen LogP contribution < -0.4 is 0 Å². The normalized spacial score (nSPS) is 19.8. The van der Waals surface area contributed by atoms with Crippen molar-refractivity contribution in [1.29, 1.82) is 0 Å². The first-order valence-corrected chi connectivity index (χ1v) is 32.1. The number of carbonyl (C=O) groups is 2. The first-order chi connectivity index (χ1) is 40.1. The fourth-order valence-electron chi connectivity index (χ4n) is 14.0. The molecule has 2 N–H and O–H groups in total. The van der Waals surface area contributed by atoms with Crippen LogP contribution in [0.4, 0.5) is 0 Å². The van der Waals surface area contributed by atoms with Gasteiger partial charge in [0.15, 0.2) is 0 Å². The molecule has 0 bridgehead atoms. The summed E-state index contributed by atoms with van der Waals surface area (Å²) in [5, 5.41) is 29.0. The summed E-state index contributed by atoms with van der Waals surface area (Å²) in [6.45, 7) is 30.0. The van der Waals surface area contributed by atoms with E-state index < -0.39 is 11.9 Å². The fraction of sp³-hybridized carbons (Fsp3) is 0.592. The van der Waals surface area contributed by atoms with Gasteiger partial charge in [-0.2, -0.15) is 15.3 Å². The number of rotatable bonds is 13. The minimum absolute atomic E-state index is 0.0829. The van der Waals surface area contributed by atoms with E-state index in [0.717, 1.165) is 24.9 Å². The second-order valence-corrected chi connectivity index (χ2v) is 27.9. The van der Waals surface area contributed by atoms with E-state index in [4.69, 9.17) is 35.1 Å². The molecular formula is C71H103N9O4. The van der Waals surface area contributed by atoms with Gasteiger partial charge in [-0.1, -0.05) is 91.0 Å². The summed E-state index contributed by atoms with van der Waals surface area (Å²) < 4.78 is 6.81. The van der Waals surface area contributed by atoms with Gasteiger partial charge in [-0.25, -0.2) is 9.59 Å². The molecule has 84 heavy (non-hydrogen) atoms. The lowest BCUT2D eigenvalue weighted by Crippen LogP contribution is -2.34. The molecule has 3 aromatic heterocycles. The fourth-order valence-corrected chi connectivity index (χ4v) is 14.0. The lowest BCUT2D eigenvalue weighted by atomic mass is 9.84. The van der Waals surface area contributed by atoms with Crippen LogP contribution in [-0.2, 0) is 52.0 Å². The second-order valence-electron chi connectivity index (χ2n) is 27.9. The molecule has 3 aromatic carbocycles. The number of carboxylic acids is 2. The van der Waals surface area contributed by atoms with Crippen LogP contribution in [0.15, 0.2) is 110 Å². The lowest BCUT2D eigenvalue weighted by Gasteiger charge is -2.34. The number of benzene rings is 3. The van der Waals surface area contributed by atoms with Crippen molar-refractivity contribution in [2.24, 2.45) is 0 Å². The van der Waals surface area contributed by atoms with Crippen LogP contribution in [0.1, 0.15) is 226 Å². The number of aliphatic carboxylic acids is 2. The van der Waals surface area contributed by atoms with Crippen molar-refractivity contribution in [2.75, 3.05) is 52.9 Å². The molecule has 2 aliphatic heterocycles. The number of fused-ring (bicyclic) bond motifs is 3. The monoisotopic (exact) mass is 1150 g/mol. The number of aromatic nitrogens is 6. The quantitative estimate of drug-likeness (QED) is 0.108. The number of nitrogens with zero attached hydrogens (tertiary/aromatic N) is 9. The van der Waals surface area contributed by atoms with E-state index in [9.17, 15) is 0 Å². The Morgan fingerprint density at radius 3 is 1.12 bits per heavy atom. The molecule has 3 unspecified atom stereocenters. The number of hydrogen-bond acceptors (Lipinski definition) is 8. The maximum absolute atomic E-state index is 9.10. The van der Waals surface area contributed by atoms with E-state index in [1.54, 1.807) is 0 Å². The summed E-state index contributed by atoms with van der Waals surface area (Å²) >= 11 is 0. The minimum atomic E-state index is -1.82. The molecule has 3 aliphatic carbocycles. The molecule has 456 valence electrons. The molecule has 2 fully saturated rings. The standard InChI is InChI=1S/2C24H35N3.C21H31N3.C2H2O4/c2*1-24(2,3)27-23-11-7-10-21(22(23)18-25-27)14-17-26-15-12-20(13-16-26)19-8-5-4-6-9-19;1-21(2,3)24-20-12-8-11-18(19(20)15-22-24)13-14-23(4)16-17-9-6-5-7-10-17;3-1(4)2(5)6/h2*4-6,8-9,18,20-21H,7,10-17H2,1-3H3;5-7,9-10,15,18H,8,11-14,16H2,1-4H3;(H,3,4)(H,5,6). The summed E-state index contributed by atoms with van der Waals surface area (Å²) in [5.41, 5.74) is 13.8. The minimum Gasteiger partial charge on any atom is -0.473 e. The average molecular weight is 1150 g/mol. The van der Waals surface area contributed by atoms with Gasteiger partial charge in [0, 0.05) is 23.6 Å². The smallest absolute Gasteiger partial charge is 0.414 e. The highest BCUT2D eigenvalue weighted by molar-refractivity contribution is 6.27. The van der Waals surface area contributed by atoms with Gasteiger partial charge < -0.3 is 24.9 Å². The Morgan fingerprint density at radius 1 is 0.476 bits per heavy atom. The van der Waals surface area contributed by atoms with Gasteiger partial charge in [0.1, 0.15) is 0 Å². The van der Waals surface area contributed by atoms with E-state index in [-0.39, 0.29) is 16.6 Å². The molecule has 11 rings (SSSR count). The third kappa shape index (κ3) is 17.6. The Kier molecular flexibility index (Phi) is 22.5. The molecule has 0 saturated carbocycles. The van der Waals surface area contributed by atoms with E-state index in [0.29, 0.717) is 17.8 Å². The van der Waals surface area contributed by atoms with Crippen molar-refractivity contribution in [1.82, 2.24) is 44.0 Å². The predicted molar refractivity (Wildman–Crippen MR) is 340 cm³/mol. The van der Waals surface area contributed by atoms with E-state index in [1.165, 1.54) is 192 Å². The van der Waals surface area contributed by atoms with Gasteiger partial charge in [-0.3, -0.25) is 14.0 Å². The maximum Gasteiger partial charge on any atom is 0.414 e. The van der Waals surface area contributed by atoms with Crippen LogP contribution >= 0.6 is 0 Å². The zero-order valence-corrected chi connectivity index (χ0v) is 53.0. The zero-order valence-electron chi connectivity index (χ0n) is 53.0. The van der Waals surface area contributed by atoms with Crippen molar-refractivity contribution in [2.45, 2.75) is 218 Å². The summed E-state index contributed by atoms with van der Waals surface area (Å²) in [6, 6.07) is 32.9. The first kappa shape index (κ1) is 64.1.